The highest BCUT2D eigenvalue weighted by Gasteiger charge is 2.14. The van der Waals surface area contributed by atoms with Gasteiger partial charge < -0.3 is 4.74 Å². The highest BCUT2D eigenvalue weighted by Crippen LogP contribution is 2.36. The quantitative estimate of drug-likeness (QED) is 0.795. The second-order valence-corrected chi connectivity index (χ2v) is 6.12. The molecule has 0 aromatic heterocycles. The Bertz CT molecular complexity index is 637. The molecule has 0 atom stereocenters. The average molecular weight is 334 g/mol. The summed E-state index contributed by atoms with van der Waals surface area (Å²) in [5.74, 6) is 1.77. The van der Waals surface area contributed by atoms with E-state index < -0.39 is 0 Å². The van der Waals surface area contributed by atoms with Crippen molar-refractivity contribution in [2.45, 2.75) is 4.90 Å². The number of nitrogens with zero attached hydrogens (tertiary/aromatic N) is 1. The van der Waals surface area contributed by atoms with Crippen molar-refractivity contribution in [3.05, 3.63) is 52.5 Å². The van der Waals surface area contributed by atoms with Gasteiger partial charge in [-0.2, -0.15) is 0 Å². The van der Waals surface area contributed by atoms with Gasteiger partial charge in [-0.1, -0.05) is 15.9 Å². The Morgan fingerprint density at radius 3 is 2.68 bits per heavy atom. The highest BCUT2D eigenvalue weighted by atomic mass is 79.9. The number of fused-ring (bicyclic) bond motifs is 1. The standard InChI is InChI=1S/C15H12BrNOS/c1-18-12-5-2-10(3-6-12)14-9-19-15-8-11(16)4-7-13(15)17-14/h2-8H,9H2,1H3. The average Bonchev–Trinajstić information content (AvgIpc) is 2.47. The zero-order valence-electron chi connectivity index (χ0n) is 10.4. The van der Waals surface area contributed by atoms with Crippen LogP contribution in [0.15, 0.2) is 56.8 Å². The van der Waals surface area contributed by atoms with Gasteiger partial charge in [-0.3, -0.25) is 4.99 Å². The van der Waals surface area contributed by atoms with Gasteiger partial charge in [-0.25, -0.2) is 0 Å². The first kappa shape index (κ1) is 12.8. The van der Waals surface area contributed by atoms with Crippen LogP contribution in [0.2, 0.25) is 0 Å². The van der Waals surface area contributed by atoms with Crippen molar-refractivity contribution in [2.24, 2.45) is 4.99 Å². The van der Waals surface area contributed by atoms with Gasteiger partial charge >= 0.3 is 0 Å². The van der Waals surface area contributed by atoms with Crippen molar-refractivity contribution < 1.29 is 4.74 Å². The Morgan fingerprint density at radius 1 is 1.16 bits per heavy atom. The molecule has 1 aliphatic heterocycles. The monoisotopic (exact) mass is 333 g/mol. The summed E-state index contributed by atoms with van der Waals surface area (Å²) in [6, 6.07) is 14.3. The first-order valence-corrected chi connectivity index (χ1v) is 7.68. The number of ether oxygens (including phenoxy) is 1. The number of rotatable bonds is 2. The molecule has 2 nitrogen and oxygen atoms in total. The summed E-state index contributed by atoms with van der Waals surface area (Å²) in [6.07, 6.45) is 0. The van der Waals surface area contributed by atoms with E-state index >= 15 is 0 Å². The van der Waals surface area contributed by atoms with E-state index in [1.807, 2.05) is 30.0 Å². The maximum atomic E-state index is 5.18. The predicted molar refractivity (Wildman–Crippen MR) is 84.1 cm³/mol. The van der Waals surface area contributed by atoms with Crippen LogP contribution in [0.4, 0.5) is 5.69 Å². The molecule has 96 valence electrons. The van der Waals surface area contributed by atoms with E-state index in [4.69, 9.17) is 9.73 Å². The molecule has 1 aliphatic rings. The van der Waals surface area contributed by atoms with Crippen LogP contribution in [0.3, 0.4) is 0 Å². The topological polar surface area (TPSA) is 21.6 Å². The Kier molecular flexibility index (Phi) is 3.62. The third-order valence-corrected chi connectivity index (χ3v) is 4.51. The van der Waals surface area contributed by atoms with E-state index in [0.29, 0.717) is 0 Å². The second-order valence-electron chi connectivity index (χ2n) is 4.19. The molecule has 19 heavy (non-hydrogen) atoms. The molecular formula is C15H12BrNOS. The van der Waals surface area contributed by atoms with Crippen LogP contribution in [0.25, 0.3) is 0 Å². The number of methoxy groups -OCH3 is 1. The Labute approximate surface area is 125 Å². The number of thioether (sulfide) groups is 1. The Hall–Kier alpha value is -1.26. The van der Waals surface area contributed by atoms with Crippen LogP contribution in [0.5, 0.6) is 5.75 Å². The van der Waals surface area contributed by atoms with E-state index in [2.05, 4.69) is 40.2 Å². The van der Waals surface area contributed by atoms with Gasteiger partial charge in [-0.15, -0.1) is 11.8 Å². The first-order chi connectivity index (χ1) is 9.26. The van der Waals surface area contributed by atoms with Crippen molar-refractivity contribution in [2.75, 3.05) is 12.9 Å². The minimum absolute atomic E-state index is 0.872. The fraction of sp³-hybridized carbons (Fsp3) is 0.133. The highest BCUT2D eigenvalue weighted by molar-refractivity contribution is 9.10. The molecule has 0 fully saturated rings. The molecule has 0 N–H and O–H groups in total. The number of hydrogen-bond acceptors (Lipinski definition) is 3. The van der Waals surface area contributed by atoms with E-state index in [9.17, 15) is 0 Å². The Morgan fingerprint density at radius 2 is 1.95 bits per heavy atom. The third kappa shape index (κ3) is 2.69. The van der Waals surface area contributed by atoms with Gasteiger partial charge in [-0.05, 0) is 48.0 Å². The van der Waals surface area contributed by atoms with E-state index in [1.54, 1.807) is 7.11 Å². The zero-order valence-corrected chi connectivity index (χ0v) is 12.8. The molecule has 4 heteroatoms. The summed E-state index contributed by atoms with van der Waals surface area (Å²) < 4.78 is 6.27. The van der Waals surface area contributed by atoms with Gasteiger partial charge in [0.2, 0.25) is 0 Å². The van der Waals surface area contributed by atoms with Gasteiger partial charge in [0, 0.05) is 15.1 Å². The lowest BCUT2D eigenvalue weighted by Crippen LogP contribution is -2.07. The fourth-order valence-corrected chi connectivity index (χ4v) is 3.46. The zero-order chi connectivity index (χ0) is 13.2. The maximum absolute atomic E-state index is 5.18. The van der Waals surface area contributed by atoms with Gasteiger partial charge in [0.25, 0.3) is 0 Å². The molecule has 2 aromatic rings. The minimum Gasteiger partial charge on any atom is -0.497 e. The molecule has 3 rings (SSSR count). The van der Waals surface area contributed by atoms with Crippen molar-refractivity contribution in [3.63, 3.8) is 0 Å². The number of halogens is 1. The minimum atomic E-state index is 0.872. The Balaban J connectivity index is 1.95. The summed E-state index contributed by atoms with van der Waals surface area (Å²) in [6.45, 7) is 0. The van der Waals surface area contributed by atoms with Gasteiger partial charge in [0.15, 0.2) is 0 Å². The first-order valence-electron chi connectivity index (χ1n) is 5.90. The second kappa shape index (κ2) is 5.39. The molecule has 2 aromatic carbocycles. The summed E-state index contributed by atoms with van der Waals surface area (Å²) in [4.78, 5) is 5.97. The fourth-order valence-electron chi connectivity index (χ4n) is 1.95. The van der Waals surface area contributed by atoms with E-state index in [0.717, 1.165) is 32.9 Å². The van der Waals surface area contributed by atoms with Crippen LogP contribution in [0.1, 0.15) is 5.56 Å². The van der Waals surface area contributed by atoms with Crippen molar-refractivity contribution in [3.8, 4) is 5.75 Å². The molecule has 0 unspecified atom stereocenters. The van der Waals surface area contributed by atoms with E-state index in [1.165, 1.54) is 4.90 Å². The summed E-state index contributed by atoms with van der Waals surface area (Å²) in [5, 5.41) is 0. The maximum Gasteiger partial charge on any atom is 0.118 e. The van der Waals surface area contributed by atoms with Crippen LogP contribution in [-0.2, 0) is 0 Å². The summed E-state index contributed by atoms with van der Waals surface area (Å²) in [7, 11) is 1.68. The number of hydrogen-bond donors (Lipinski definition) is 0. The van der Waals surface area contributed by atoms with Gasteiger partial charge in [0.1, 0.15) is 5.75 Å². The molecule has 0 saturated carbocycles. The normalized spacial score (nSPS) is 13.7. The molecular weight excluding hydrogens is 322 g/mol. The molecule has 0 radical (unpaired) electrons. The van der Waals surface area contributed by atoms with Crippen LogP contribution >= 0.6 is 27.7 Å². The van der Waals surface area contributed by atoms with E-state index in [-0.39, 0.29) is 0 Å². The number of aliphatic imine (C=N–C) groups is 1. The number of benzene rings is 2. The third-order valence-electron chi connectivity index (χ3n) is 2.96. The lowest BCUT2D eigenvalue weighted by molar-refractivity contribution is 0.415. The van der Waals surface area contributed by atoms with Crippen LogP contribution < -0.4 is 4.74 Å². The lowest BCUT2D eigenvalue weighted by Gasteiger charge is -2.15. The molecule has 0 saturated heterocycles. The summed E-state index contributed by atoms with van der Waals surface area (Å²) >= 11 is 5.31. The summed E-state index contributed by atoms with van der Waals surface area (Å²) in [5.41, 5.74) is 3.31. The lowest BCUT2D eigenvalue weighted by atomic mass is 10.1. The van der Waals surface area contributed by atoms with Gasteiger partial charge in [0.05, 0.1) is 18.5 Å². The molecule has 1 heterocycles. The predicted octanol–water partition coefficient (Wildman–Crippen LogP) is 4.68. The van der Waals surface area contributed by atoms with Crippen molar-refractivity contribution in [1.29, 1.82) is 0 Å². The van der Waals surface area contributed by atoms with Crippen molar-refractivity contribution >= 4 is 39.1 Å². The van der Waals surface area contributed by atoms with Crippen molar-refractivity contribution in [1.82, 2.24) is 0 Å². The van der Waals surface area contributed by atoms with Crippen LogP contribution in [-0.4, -0.2) is 18.6 Å². The molecule has 0 spiro atoms. The molecule has 0 bridgehead atoms. The largest absolute Gasteiger partial charge is 0.497 e. The smallest absolute Gasteiger partial charge is 0.118 e. The SMILES string of the molecule is COc1ccc(C2=Nc3ccc(Br)cc3SC2)cc1. The molecule has 0 amide bonds. The molecule has 0 aliphatic carbocycles. The van der Waals surface area contributed by atoms with Crippen LogP contribution in [0, 0.1) is 0 Å².